The maximum atomic E-state index is 11.3. The highest BCUT2D eigenvalue weighted by Crippen LogP contribution is 2.27. The van der Waals surface area contributed by atoms with Gasteiger partial charge in [0, 0.05) is 0 Å². The molecule has 0 atom stereocenters. The summed E-state index contributed by atoms with van der Waals surface area (Å²) in [6.45, 7) is 0. The smallest absolute Gasteiger partial charge is 0.206 e. The largest absolute Gasteiger partial charge is 0.287 e. The van der Waals surface area contributed by atoms with Crippen LogP contribution in [0.2, 0.25) is 0 Å². The number of hydrogen-bond donors (Lipinski definition) is 0. The molecule has 3 nitrogen and oxygen atoms in total. The second kappa shape index (κ2) is 4.37. The summed E-state index contributed by atoms with van der Waals surface area (Å²) in [4.78, 5) is 0. The van der Waals surface area contributed by atoms with E-state index in [2.05, 4.69) is 10.2 Å². The number of azo groups is 1. The molecular formula is C12H9N2O. The predicted octanol–water partition coefficient (Wildman–Crippen LogP) is 4.25. The lowest BCUT2D eigenvalue weighted by Gasteiger charge is -1.93. The molecule has 0 aliphatic rings. The molecule has 15 heavy (non-hydrogen) atoms. The molecular weight excluding hydrogens is 188 g/mol. The molecule has 0 aliphatic carbocycles. The Kier molecular flexibility index (Phi) is 2.74. The lowest BCUT2D eigenvalue weighted by molar-refractivity contribution is 0.356. The van der Waals surface area contributed by atoms with E-state index in [9.17, 15) is 5.11 Å². The fourth-order valence-electron chi connectivity index (χ4n) is 1.15. The Balaban J connectivity index is 2.23. The van der Waals surface area contributed by atoms with Gasteiger partial charge in [0.05, 0.1) is 5.69 Å². The van der Waals surface area contributed by atoms with Crippen molar-refractivity contribution in [1.82, 2.24) is 0 Å². The van der Waals surface area contributed by atoms with Crippen LogP contribution in [0.3, 0.4) is 0 Å². The van der Waals surface area contributed by atoms with Crippen LogP contribution < -0.4 is 0 Å². The van der Waals surface area contributed by atoms with Gasteiger partial charge in [-0.2, -0.15) is 5.11 Å². The second-order valence-electron chi connectivity index (χ2n) is 3.00. The Labute approximate surface area is 87.7 Å². The highest BCUT2D eigenvalue weighted by Gasteiger charge is 1.98. The summed E-state index contributed by atoms with van der Waals surface area (Å²) in [6.07, 6.45) is 0. The summed E-state index contributed by atoms with van der Waals surface area (Å²) in [5.41, 5.74) is 1.10. The zero-order valence-electron chi connectivity index (χ0n) is 8.00. The van der Waals surface area contributed by atoms with E-state index < -0.39 is 0 Å². The zero-order valence-corrected chi connectivity index (χ0v) is 8.00. The zero-order chi connectivity index (χ0) is 10.5. The number of nitrogens with zero attached hydrogens (tertiary/aromatic N) is 2. The van der Waals surface area contributed by atoms with Gasteiger partial charge in [0.2, 0.25) is 5.75 Å². The first-order valence-corrected chi connectivity index (χ1v) is 4.59. The molecule has 0 saturated carbocycles. The molecule has 0 amide bonds. The first kappa shape index (κ1) is 9.40. The second-order valence-corrected chi connectivity index (χ2v) is 3.00. The summed E-state index contributed by atoms with van der Waals surface area (Å²) < 4.78 is 0. The first-order valence-electron chi connectivity index (χ1n) is 4.59. The van der Waals surface area contributed by atoms with Crippen molar-refractivity contribution in [1.29, 1.82) is 0 Å². The van der Waals surface area contributed by atoms with Gasteiger partial charge in [-0.25, -0.2) is 0 Å². The molecule has 2 aromatic carbocycles. The molecule has 3 heteroatoms. The third-order valence-corrected chi connectivity index (χ3v) is 1.89. The SMILES string of the molecule is [O]c1ccccc1N=Nc1ccccc1. The average molecular weight is 197 g/mol. The maximum Gasteiger partial charge on any atom is 0.206 e. The lowest BCUT2D eigenvalue weighted by Crippen LogP contribution is -1.65. The van der Waals surface area contributed by atoms with E-state index in [0.717, 1.165) is 5.69 Å². The molecule has 0 aliphatic heterocycles. The van der Waals surface area contributed by atoms with Gasteiger partial charge in [0.15, 0.2) is 0 Å². The molecule has 73 valence electrons. The molecule has 2 rings (SSSR count). The summed E-state index contributed by atoms with van der Waals surface area (Å²) in [6, 6.07) is 15.9. The topological polar surface area (TPSA) is 44.6 Å². The van der Waals surface area contributed by atoms with Crippen LogP contribution in [0, 0.1) is 0 Å². The van der Waals surface area contributed by atoms with Gasteiger partial charge >= 0.3 is 0 Å². The molecule has 0 saturated heterocycles. The molecule has 1 radical (unpaired) electrons. The molecule has 2 aromatic rings. The average Bonchev–Trinajstić information content (AvgIpc) is 2.29. The number of para-hydroxylation sites is 1. The molecule has 0 heterocycles. The Bertz CT molecular complexity index is 466. The van der Waals surface area contributed by atoms with Crippen molar-refractivity contribution < 1.29 is 5.11 Å². The van der Waals surface area contributed by atoms with E-state index in [1.807, 2.05) is 30.3 Å². The Morgan fingerprint density at radius 3 is 2.13 bits per heavy atom. The molecule has 0 aromatic heterocycles. The third kappa shape index (κ3) is 2.40. The van der Waals surface area contributed by atoms with E-state index in [4.69, 9.17) is 0 Å². The van der Waals surface area contributed by atoms with Crippen LogP contribution in [0.1, 0.15) is 0 Å². The van der Waals surface area contributed by atoms with Crippen LogP contribution in [-0.4, -0.2) is 0 Å². The van der Waals surface area contributed by atoms with Crippen molar-refractivity contribution in [2.75, 3.05) is 0 Å². The quantitative estimate of drug-likeness (QED) is 0.646. The van der Waals surface area contributed by atoms with Crippen LogP contribution in [0.25, 0.3) is 0 Å². The molecule has 0 fully saturated rings. The van der Waals surface area contributed by atoms with Crippen LogP contribution in [0.4, 0.5) is 11.4 Å². The van der Waals surface area contributed by atoms with Crippen molar-refractivity contribution >= 4 is 11.4 Å². The molecule has 0 spiro atoms. The minimum atomic E-state index is -0.114. The van der Waals surface area contributed by atoms with E-state index in [0.29, 0.717) is 5.69 Å². The minimum absolute atomic E-state index is 0.114. The van der Waals surface area contributed by atoms with Crippen molar-refractivity contribution in [2.45, 2.75) is 0 Å². The van der Waals surface area contributed by atoms with E-state index in [1.54, 1.807) is 18.2 Å². The van der Waals surface area contributed by atoms with E-state index >= 15 is 0 Å². The Morgan fingerprint density at radius 1 is 0.733 bits per heavy atom. The van der Waals surface area contributed by atoms with Gasteiger partial charge in [-0.05, 0) is 24.3 Å². The van der Waals surface area contributed by atoms with Gasteiger partial charge in [0.25, 0.3) is 0 Å². The highest BCUT2D eigenvalue weighted by atomic mass is 16.3. The van der Waals surface area contributed by atoms with Gasteiger partial charge < -0.3 is 0 Å². The standard InChI is InChI=1S/C12H9N2O/c15-12-9-5-4-8-11(12)14-13-10-6-2-1-3-7-10/h1-9H. The van der Waals surface area contributed by atoms with Gasteiger partial charge in [-0.1, -0.05) is 30.3 Å². The minimum Gasteiger partial charge on any atom is -0.287 e. The molecule has 0 bridgehead atoms. The Hall–Kier alpha value is -2.16. The number of rotatable bonds is 2. The fourth-order valence-corrected chi connectivity index (χ4v) is 1.15. The highest BCUT2D eigenvalue weighted by molar-refractivity contribution is 5.50. The van der Waals surface area contributed by atoms with Crippen LogP contribution in [0.5, 0.6) is 5.75 Å². The number of benzene rings is 2. The van der Waals surface area contributed by atoms with Gasteiger partial charge in [-0.3, -0.25) is 5.11 Å². The Morgan fingerprint density at radius 2 is 1.40 bits per heavy atom. The first-order chi connectivity index (χ1) is 7.36. The van der Waals surface area contributed by atoms with E-state index in [1.165, 1.54) is 6.07 Å². The predicted molar refractivity (Wildman–Crippen MR) is 57.2 cm³/mol. The van der Waals surface area contributed by atoms with E-state index in [-0.39, 0.29) is 5.75 Å². The number of hydrogen-bond acceptors (Lipinski definition) is 2. The van der Waals surface area contributed by atoms with Crippen LogP contribution in [0.15, 0.2) is 64.8 Å². The van der Waals surface area contributed by atoms with Gasteiger partial charge in [-0.15, -0.1) is 5.11 Å². The summed E-state index contributed by atoms with van der Waals surface area (Å²) in [5, 5.41) is 19.1. The maximum absolute atomic E-state index is 11.3. The normalized spacial score (nSPS) is 10.7. The van der Waals surface area contributed by atoms with Crippen molar-refractivity contribution in [3.05, 3.63) is 54.6 Å². The molecule has 0 N–H and O–H groups in total. The van der Waals surface area contributed by atoms with Crippen molar-refractivity contribution in [3.8, 4) is 5.75 Å². The summed E-state index contributed by atoms with van der Waals surface area (Å²) in [7, 11) is 0. The monoisotopic (exact) mass is 197 g/mol. The van der Waals surface area contributed by atoms with Gasteiger partial charge in [0.1, 0.15) is 5.69 Å². The van der Waals surface area contributed by atoms with Crippen molar-refractivity contribution in [2.24, 2.45) is 10.2 Å². The molecule has 0 unspecified atom stereocenters. The van der Waals surface area contributed by atoms with Crippen LogP contribution in [-0.2, 0) is 5.11 Å². The lowest BCUT2D eigenvalue weighted by atomic mass is 10.3. The summed E-state index contributed by atoms with van der Waals surface area (Å²) in [5.74, 6) is -0.114. The fraction of sp³-hybridized carbons (Fsp3) is 0. The van der Waals surface area contributed by atoms with Crippen molar-refractivity contribution in [3.63, 3.8) is 0 Å². The van der Waals surface area contributed by atoms with Crippen LogP contribution >= 0.6 is 0 Å². The summed E-state index contributed by atoms with van der Waals surface area (Å²) >= 11 is 0. The third-order valence-electron chi connectivity index (χ3n) is 1.89.